The molecule has 182 valence electrons. The molecule has 0 aliphatic rings. The van der Waals surface area contributed by atoms with Gasteiger partial charge in [0.05, 0.1) is 16.5 Å². The molecule has 11 heteroatoms. The third kappa shape index (κ3) is 4.63. The number of hydrogen-bond donors (Lipinski definition) is 1. The van der Waals surface area contributed by atoms with Crippen LogP contribution < -0.4 is 15.9 Å². The fourth-order valence-corrected chi connectivity index (χ4v) is 3.51. The number of fused-ring (bicyclic) bond motifs is 1. The Bertz CT molecular complexity index is 1630. The van der Waals surface area contributed by atoms with E-state index in [0.29, 0.717) is 40.1 Å². The predicted molar refractivity (Wildman–Crippen MR) is 121 cm³/mol. The zero-order chi connectivity index (χ0) is 25.4. The Labute approximate surface area is 199 Å². The molecule has 0 amide bonds. The number of nitrogens with two attached hydrogens (primary N) is 1. The van der Waals surface area contributed by atoms with Crippen LogP contribution in [0.2, 0.25) is 0 Å². The smallest absolute Gasteiger partial charge is 0.416 e. The van der Waals surface area contributed by atoms with Crippen molar-refractivity contribution < 1.29 is 31.2 Å². The highest BCUT2D eigenvalue weighted by molar-refractivity contribution is 5.82. The minimum atomic E-state index is -4.73. The summed E-state index contributed by atoms with van der Waals surface area (Å²) in [7, 11) is 0. The Morgan fingerprint density at radius 1 is 0.972 bits per heavy atom. The molecule has 0 radical (unpaired) electrons. The van der Waals surface area contributed by atoms with Gasteiger partial charge in [0.1, 0.15) is 23.4 Å². The lowest BCUT2D eigenvalue weighted by Crippen LogP contribution is -2.05. The molecule has 0 aliphatic heterocycles. The first kappa shape index (κ1) is 23.1. The summed E-state index contributed by atoms with van der Waals surface area (Å²) in [5, 5.41) is 4.00. The molecule has 3 aromatic carbocycles. The number of anilines is 1. The van der Waals surface area contributed by atoms with Crippen molar-refractivity contribution >= 4 is 16.7 Å². The standard InChI is InChI=1S/C25H15F4N3O4/c26-16-8-14(7-15(9-16)25(27,28)29)24-31-22(32-36-24)12-34-18-5-6-19-21(10-18)35-11-20(23(19)33)13-1-3-17(30)4-2-13/h1-11H,12,30H2. The molecule has 5 aromatic rings. The van der Waals surface area contributed by atoms with Crippen LogP contribution in [-0.2, 0) is 12.8 Å². The lowest BCUT2D eigenvalue weighted by Gasteiger charge is -2.07. The molecule has 0 aliphatic carbocycles. The van der Waals surface area contributed by atoms with Crippen LogP contribution in [0.1, 0.15) is 11.4 Å². The Balaban J connectivity index is 1.34. The van der Waals surface area contributed by atoms with E-state index in [1.807, 2.05) is 0 Å². The van der Waals surface area contributed by atoms with Crippen molar-refractivity contribution in [3.63, 3.8) is 0 Å². The monoisotopic (exact) mass is 497 g/mol. The molecule has 0 spiro atoms. The fraction of sp³-hybridized carbons (Fsp3) is 0.0800. The fourth-order valence-electron chi connectivity index (χ4n) is 3.51. The van der Waals surface area contributed by atoms with E-state index >= 15 is 0 Å². The SMILES string of the molecule is Nc1ccc(-c2coc3cc(OCc4noc(-c5cc(F)cc(C(F)(F)F)c5)n4)ccc3c2=O)cc1. The summed E-state index contributed by atoms with van der Waals surface area (Å²) >= 11 is 0. The molecule has 0 saturated heterocycles. The number of aromatic nitrogens is 2. The molecular formula is C25H15F4N3O4. The van der Waals surface area contributed by atoms with Gasteiger partial charge in [-0.3, -0.25) is 4.79 Å². The lowest BCUT2D eigenvalue weighted by atomic mass is 10.1. The van der Waals surface area contributed by atoms with Crippen molar-refractivity contribution in [3.8, 4) is 28.3 Å². The van der Waals surface area contributed by atoms with E-state index in [2.05, 4.69) is 10.1 Å². The van der Waals surface area contributed by atoms with Crippen LogP contribution in [0.3, 0.4) is 0 Å². The lowest BCUT2D eigenvalue weighted by molar-refractivity contribution is -0.137. The summed E-state index contributed by atoms with van der Waals surface area (Å²) in [5.41, 5.74) is 5.96. The molecule has 2 heterocycles. The third-order valence-corrected chi connectivity index (χ3v) is 5.28. The van der Waals surface area contributed by atoms with E-state index in [1.165, 1.54) is 12.3 Å². The van der Waals surface area contributed by atoms with Gasteiger partial charge in [0.2, 0.25) is 5.82 Å². The van der Waals surface area contributed by atoms with E-state index in [4.69, 9.17) is 19.4 Å². The van der Waals surface area contributed by atoms with E-state index in [1.54, 1.807) is 36.4 Å². The van der Waals surface area contributed by atoms with Crippen molar-refractivity contribution in [1.29, 1.82) is 0 Å². The van der Waals surface area contributed by atoms with E-state index in [0.717, 1.165) is 6.07 Å². The highest BCUT2D eigenvalue weighted by Crippen LogP contribution is 2.33. The maximum Gasteiger partial charge on any atom is 0.416 e. The number of alkyl halides is 3. The van der Waals surface area contributed by atoms with Crippen LogP contribution in [-0.4, -0.2) is 10.1 Å². The van der Waals surface area contributed by atoms with Gasteiger partial charge >= 0.3 is 6.18 Å². The minimum absolute atomic E-state index is 0.0167. The number of halogens is 4. The largest absolute Gasteiger partial charge is 0.485 e. The minimum Gasteiger partial charge on any atom is -0.485 e. The molecule has 2 N–H and O–H groups in total. The third-order valence-electron chi connectivity index (χ3n) is 5.28. The Kier molecular flexibility index (Phi) is 5.67. The topological polar surface area (TPSA) is 104 Å². The van der Waals surface area contributed by atoms with Crippen LogP contribution in [0.15, 0.2) is 80.7 Å². The number of rotatable bonds is 5. The van der Waals surface area contributed by atoms with Gasteiger partial charge < -0.3 is 19.4 Å². The van der Waals surface area contributed by atoms with Gasteiger partial charge in [0.25, 0.3) is 5.89 Å². The van der Waals surface area contributed by atoms with Crippen LogP contribution >= 0.6 is 0 Å². The molecule has 5 rings (SSSR count). The molecule has 0 unspecified atom stereocenters. The summed E-state index contributed by atoms with van der Waals surface area (Å²) in [5.74, 6) is -1.04. The summed E-state index contributed by atoms with van der Waals surface area (Å²) in [4.78, 5) is 16.9. The second kappa shape index (κ2) is 8.84. The zero-order valence-electron chi connectivity index (χ0n) is 18.2. The van der Waals surface area contributed by atoms with Gasteiger partial charge in [-0.25, -0.2) is 4.39 Å². The highest BCUT2D eigenvalue weighted by atomic mass is 19.4. The molecule has 0 bridgehead atoms. The van der Waals surface area contributed by atoms with Crippen molar-refractivity contribution in [2.45, 2.75) is 12.8 Å². The maximum absolute atomic E-state index is 13.7. The van der Waals surface area contributed by atoms with E-state index in [-0.39, 0.29) is 34.9 Å². The van der Waals surface area contributed by atoms with Crippen molar-refractivity contribution in [1.82, 2.24) is 10.1 Å². The van der Waals surface area contributed by atoms with E-state index in [9.17, 15) is 22.4 Å². The number of hydrogen-bond acceptors (Lipinski definition) is 7. The van der Waals surface area contributed by atoms with Gasteiger partial charge in [0.15, 0.2) is 12.0 Å². The first-order valence-electron chi connectivity index (χ1n) is 10.4. The van der Waals surface area contributed by atoms with Gasteiger partial charge in [-0.2, -0.15) is 18.2 Å². The summed E-state index contributed by atoms with van der Waals surface area (Å²) in [6.45, 7) is -0.204. The summed E-state index contributed by atoms with van der Waals surface area (Å²) < 4.78 is 68.7. The van der Waals surface area contributed by atoms with Gasteiger partial charge in [-0.05, 0) is 48.0 Å². The normalized spacial score (nSPS) is 11.7. The second-order valence-electron chi connectivity index (χ2n) is 7.79. The maximum atomic E-state index is 13.7. The van der Waals surface area contributed by atoms with Crippen LogP contribution in [0.4, 0.5) is 23.2 Å². The van der Waals surface area contributed by atoms with Crippen molar-refractivity contribution in [2.24, 2.45) is 0 Å². The Morgan fingerprint density at radius 2 is 1.75 bits per heavy atom. The average Bonchev–Trinajstić information content (AvgIpc) is 3.32. The number of benzene rings is 3. The molecular weight excluding hydrogens is 482 g/mol. The van der Waals surface area contributed by atoms with Crippen LogP contribution in [0.5, 0.6) is 5.75 Å². The summed E-state index contributed by atoms with van der Waals surface area (Å²) in [6.07, 6.45) is -3.39. The van der Waals surface area contributed by atoms with Crippen molar-refractivity contribution in [2.75, 3.05) is 5.73 Å². The Hall–Kier alpha value is -4.67. The molecule has 7 nitrogen and oxygen atoms in total. The second-order valence-corrected chi connectivity index (χ2v) is 7.79. The van der Waals surface area contributed by atoms with Crippen LogP contribution in [0, 0.1) is 5.82 Å². The molecule has 0 atom stereocenters. The van der Waals surface area contributed by atoms with E-state index < -0.39 is 17.6 Å². The average molecular weight is 497 g/mol. The number of nitrogens with zero attached hydrogens (tertiary/aromatic N) is 2. The van der Waals surface area contributed by atoms with Gasteiger partial charge in [-0.1, -0.05) is 17.3 Å². The number of nitrogen functional groups attached to an aromatic ring is 1. The van der Waals surface area contributed by atoms with Gasteiger partial charge in [0, 0.05) is 17.3 Å². The van der Waals surface area contributed by atoms with Crippen LogP contribution in [0.25, 0.3) is 33.6 Å². The zero-order valence-corrected chi connectivity index (χ0v) is 18.2. The van der Waals surface area contributed by atoms with Crippen molar-refractivity contribution in [3.05, 3.63) is 94.4 Å². The molecule has 36 heavy (non-hydrogen) atoms. The quantitative estimate of drug-likeness (QED) is 0.241. The highest BCUT2D eigenvalue weighted by Gasteiger charge is 2.32. The predicted octanol–water partition coefficient (Wildman–Crippen LogP) is 5.83. The van der Waals surface area contributed by atoms with Gasteiger partial charge in [-0.15, -0.1) is 0 Å². The number of ether oxygens (including phenoxy) is 1. The molecule has 0 saturated carbocycles. The Morgan fingerprint density at radius 3 is 2.50 bits per heavy atom. The summed E-state index contributed by atoms with van der Waals surface area (Å²) in [6, 6.07) is 13.4. The first-order chi connectivity index (χ1) is 17.2. The first-order valence-corrected chi connectivity index (χ1v) is 10.4. The molecule has 0 fully saturated rings. The molecule has 2 aromatic heterocycles.